The highest BCUT2D eigenvalue weighted by molar-refractivity contribution is 9.10. The number of benzene rings is 1. The second-order valence-electron chi connectivity index (χ2n) is 4.03. The molecular weight excluding hydrogens is 329 g/mol. The second-order valence-corrected chi connectivity index (χ2v) is 4.88. The highest BCUT2D eigenvalue weighted by atomic mass is 79.9. The smallest absolute Gasteiger partial charge is 0.339 e. The van der Waals surface area contributed by atoms with E-state index in [9.17, 15) is 9.18 Å². The lowest BCUT2D eigenvalue weighted by Gasteiger charge is -2.08. The Morgan fingerprint density at radius 1 is 1.40 bits per heavy atom. The molecule has 0 radical (unpaired) electrons. The number of hydrogen-bond donors (Lipinski definition) is 2. The highest BCUT2D eigenvalue weighted by Crippen LogP contribution is 2.17. The summed E-state index contributed by atoms with van der Waals surface area (Å²) < 4.78 is 13.9. The van der Waals surface area contributed by atoms with Crippen LogP contribution in [0.2, 0.25) is 0 Å². The van der Waals surface area contributed by atoms with Gasteiger partial charge in [-0.25, -0.2) is 19.2 Å². The molecule has 0 aliphatic heterocycles. The summed E-state index contributed by atoms with van der Waals surface area (Å²) in [7, 11) is 0. The minimum Gasteiger partial charge on any atom is -0.478 e. The summed E-state index contributed by atoms with van der Waals surface area (Å²) in [5.74, 6) is -1.40. The van der Waals surface area contributed by atoms with Gasteiger partial charge in [0.05, 0.1) is 5.69 Å². The maximum atomic E-state index is 13.1. The van der Waals surface area contributed by atoms with Gasteiger partial charge in [0.25, 0.3) is 0 Å². The maximum Gasteiger partial charge on any atom is 0.339 e. The van der Waals surface area contributed by atoms with Crippen LogP contribution in [0.25, 0.3) is 0 Å². The molecule has 2 rings (SSSR count). The van der Waals surface area contributed by atoms with Crippen LogP contribution in [0.15, 0.2) is 35.2 Å². The maximum absolute atomic E-state index is 13.1. The van der Waals surface area contributed by atoms with Gasteiger partial charge in [-0.1, -0.05) is 15.9 Å². The quantitative estimate of drug-likeness (QED) is 0.874. The van der Waals surface area contributed by atoms with E-state index in [0.29, 0.717) is 12.2 Å². The monoisotopic (exact) mass is 339 g/mol. The SMILES string of the molecule is O=C(O)c1cncnc1CNCc1cc(F)ccc1Br. The van der Waals surface area contributed by atoms with Crippen LogP contribution < -0.4 is 5.32 Å². The minimum absolute atomic E-state index is 0.0540. The van der Waals surface area contributed by atoms with Crippen molar-refractivity contribution in [3.8, 4) is 0 Å². The Bertz CT molecular complexity index is 637. The molecule has 0 atom stereocenters. The normalized spacial score (nSPS) is 10.5. The van der Waals surface area contributed by atoms with Gasteiger partial charge < -0.3 is 10.4 Å². The summed E-state index contributed by atoms with van der Waals surface area (Å²) in [5.41, 5.74) is 1.19. The second kappa shape index (κ2) is 6.53. The fraction of sp³-hybridized carbons (Fsp3) is 0.154. The van der Waals surface area contributed by atoms with E-state index in [2.05, 4.69) is 31.2 Å². The Kier molecular flexibility index (Phi) is 4.75. The third-order valence-corrected chi connectivity index (χ3v) is 3.41. The molecule has 0 aliphatic rings. The Morgan fingerprint density at radius 2 is 2.20 bits per heavy atom. The van der Waals surface area contributed by atoms with E-state index >= 15 is 0 Å². The van der Waals surface area contributed by atoms with E-state index in [0.717, 1.165) is 10.0 Å². The van der Waals surface area contributed by atoms with Crippen LogP contribution in [0.4, 0.5) is 4.39 Å². The van der Waals surface area contributed by atoms with Crippen LogP contribution in [0.3, 0.4) is 0 Å². The number of aromatic carboxylic acids is 1. The van der Waals surface area contributed by atoms with Crippen LogP contribution in [0.5, 0.6) is 0 Å². The van der Waals surface area contributed by atoms with Gasteiger partial charge in [-0.15, -0.1) is 0 Å². The zero-order valence-electron chi connectivity index (χ0n) is 10.3. The number of hydrogen-bond acceptors (Lipinski definition) is 4. The summed E-state index contributed by atoms with van der Waals surface area (Å²) >= 11 is 3.33. The van der Waals surface area contributed by atoms with E-state index in [-0.39, 0.29) is 17.9 Å². The molecule has 0 saturated carbocycles. The minimum atomic E-state index is -1.07. The Labute approximate surface area is 123 Å². The van der Waals surface area contributed by atoms with Crippen molar-refractivity contribution in [2.45, 2.75) is 13.1 Å². The van der Waals surface area contributed by atoms with Crippen molar-refractivity contribution in [2.24, 2.45) is 0 Å². The predicted molar refractivity (Wildman–Crippen MR) is 73.6 cm³/mol. The van der Waals surface area contributed by atoms with Crippen molar-refractivity contribution in [3.63, 3.8) is 0 Å². The van der Waals surface area contributed by atoms with Crippen LogP contribution in [-0.2, 0) is 13.1 Å². The van der Waals surface area contributed by atoms with Crippen LogP contribution in [-0.4, -0.2) is 21.0 Å². The van der Waals surface area contributed by atoms with E-state index in [1.54, 1.807) is 6.07 Å². The van der Waals surface area contributed by atoms with Gasteiger partial charge in [0.2, 0.25) is 0 Å². The molecule has 1 heterocycles. The van der Waals surface area contributed by atoms with Gasteiger partial charge in [-0.2, -0.15) is 0 Å². The third-order valence-electron chi connectivity index (χ3n) is 2.64. The standard InChI is InChI=1S/C13H11BrFN3O2/c14-11-2-1-9(15)3-8(11)4-16-6-12-10(13(19)20)5-17-7-18-12/h1-3,5,7,16H,4,6H2,(H,19,20). The molecule has 0 bridgehead atoms. The van der Waals surface area contributed by atoms with E-state index in [4.69, 9.17) is 5.11 Å². The molecule has 0 amide bonds. The number of halogens is 2. The molecule has 0 spiro atoms. The fourth-order valence-electron chi connectivity index (χ4n) is 1.67. The van der Waals surface area contributed by atoms with Crippen molar-refractivity contribution in [2.75, 3.05) is 0 Å². The number of aromatic nitrogens is 2. The Morgan fingerprint density at radius 3 is 2.95 bits per heavy atom. The highest BCUT2D eigenvalue weighted by Gasteiger charge is 2.11. The van der Waals surface area contributed by atoms with Crippen LogP contribution >= 0.6 is 15.9 Å². The first-order chi connectivity index (χ1) is 9.58. The Balaban J connectivity index is 2.03. The first-order valence-electron chi connectivity index (χ1n) is 5.74. The van der Waals surface area contributed by atoms with Crippen LogP contribution in [0, 0.1) is 5.82 Å². The summed E-state index contributed by atoms with van der Waals surface area (Å²) in [6, 6.07) is 4.40. The molecule has 5 nitrogen and oxygen atoms in total. The Hall–Kier alpha value is -1.86. The zero-order valence-corrected chi connectivity index (χ0v) is 11.9. The van der Waals surface area contributed by atoms with Gasteiger partial charge in [0.1, 0.15) is 17.7 Å². The first-order valence-corrected chi connectivity index (χ1v) is 6.54. The number of carboxylic acids is 1. The fourth-order valence-corrected chi connectivity index (χ4v) is 2.06. The lowest BCUT2D eigenvalue weighted by molar-refractivity contribution is 0.0694. The number of rotatable bonds is 5. The molecule has 7 heteroatoms. The molecule has 2 N–H and O–H groups in total. The van der Waals surface area contributed by atoms with Crippen molar-refractivity contribution in [1.29, 1.82) is 0 Å². The molecule has 0 unspecified atom stereocenters. The molecule has 0 saturated heterocycles. The number of nitrogens with one attached hydrogen (secondary N) is 1. The third kappa shape index (κ3) is 3.58. The topological polar surface area (TPSA) is 75.1 Å². The summed E-state index contributed by atoms with van der Waals surface area (Å²) in [5, 5.41) is 12.0. The van der Waals surface area contributed by atoms with E-state index in [1.165, 1.54) is 24.7 Å². The molecule has 1 aromatic heterocycles. The summed E-state index contributed by atoms with van der Waals surface area (Å²) in [6.45, 7) is 0.647. The van der Waals surface area contributed by atoms with Gasteiger partial charge in [-0.3, -0.25) is 0 Å². The first kappa shape index (κ1) is 14.5. The average Bonchev–Trinajstić information content (AvgIpc) is 2.43. The van der Waals surface area contributed by atoms with Crippen molar-refractivity contribution >= 4 is 21.9 Å². The van der Waals surface area contributed by atoms with Crippen molar-refractivity contribution in [3.05, 3.63) is 57.8 Å². The van der Waals surface area contributed by atoms with Crippen LogP contribution in [0.1, 0.15) is 21.6 Å². The molecule has 104 valence electrons. The van der Waals surface area contributed by atoms with Crippen molar-refractivity contribution < 1.29 is 14.3 Å². The lowest BCUT2D eigenvalue weighted by Crippen LogP contribution is -2.17. The largest absolute Gasteiger partial charge is 0.478 e. The molecule has 0 fully saturated rings. The van der Waals surface area contributed by atoms with Gasteiger partial charge in [0, 0.05) is 23.8 Å². The molecule has 2 aromatic rings. The molecule has 0 aliphatic carbocycles. The van der Waals surface area contributed by atoms with Crippen molar-refractivity contribution in [1.82, 2.24) is 15.3 Å². The summed E-state index contributed by atoms with van der Waals surface area (Å²) in [6.07, 6.45) is 2.55. The van der Waals surface area contributed by atoms with E-state index in [1.807, 2.05) is 0 Å². The molecule has 20 heavy (non-hydrogen) atoms. The average molecular weight is 340 g/mol. The predicted octanol–water partition coefficient (Wildman–Crippen LogP) is 2.37. The van der Waals surface area contributed by atoms with Gasteiger partial charge >= 0.3 is 5.97 Å². The summed E-state index contributed by atoms with van der Waals surface area (Å²) in [4.78, 5) is 18.6. The zero-order chi connectivity index (χ0) is 14.5. The van der Waals surface area contributed by atoms with Gasteiger partial charge in [-0.05, 0) is 23.8 Å². The number of carboxylic acid groups (broad SMARTS) is 1. The molecular formula is C13H11BrFN3O2. The van der Waals surface area contributed by atoms with Gasteiger partial charge in [0.15, 0.2) is 0 Å². The lowest BCUT2D eigenvalue weighted by atomic mass is 10.2. The molecule has 1 aromatic carbocycles. The van der Waals surface area contributed by atoms with E-state index < -0.39 is 5.97 Å². The number of nitrogens with zero attached hydrogens (tertiary/aromatic N) is 2. The number of carbonyl (C=O) groups is 1.